The van der Waals surface area contributed by atoms with Gasteiger partial charge in [-0.15, -0.1) is 0 Å². The Morgan fingerprint density at radius 3 is 2.63 bits per heavy atom. The summed E-state index contributed by atoms with van der Waals surface area (Å²) in [7, 11) is -1.52. The van der Waals surface area contributed by atoms with E-state index in [9.17, 15) is 29.9 Å². The highest BCUT2D eigenvalue weighted by molar-refractivity contribution is 6.44. The lowest BCUT2D eigenvalue weighted by atomic mass is 9.81. The zero-order valence-electron chi connectivity index (χ0n) is 15.8. The van der Waals surface area contributed by atoms with E-state index in [4.69, 9.17) is 10.5 Å². The summed E-state index contributed by atoms with van der Waals surface area (Å²) >= 11 is 0. The van der Waals surface area contributed by atoms with Crippen molar-refractivity contribution in [1.29, 1.82) is 0 Å². The van der Waals surface area contributed by atoms with Gasteiger partial charge in [0, 0.05) is 12.0 Å². The van der Waals surface area contributed by atoms with Gasteiger partial charge in [-0.3, -0.25) is 4.79 Å². The maximum absolute atomic E-state index is 12.4. The molecule has 0 radical (unpaired) electrons. The number of nitrogens with one attached hydrogen (secondary N) is 1. The molecule has 1 amide bonds. The molecule has 158 valence electrons. The molecule has 1 aliphatic heterocycles. The molecule has 1 aliphatic carbocycles. The first-order valence-electron chi connectivity index (χ1n) is 9.43. The third-order valence-electron chi connectivity index (χ3n) is 5.56. The Balaban J connectivity index is 1.42. The summed E-state index contributed by atoms with van der Waals surface area (Å²) in [4.78, 5) is 32.3. The highest BCUT2D eigenvalue weighted by Crippen LogP contribution is 2.56. The van der Waals surface area contributed by atoms with Crippen molar-refractivity contribution in [3.63, 3.8) is 0 Å². The van der Waals surface area contributed by atoms with Gasteiger partial charge in [0.05, 0.1) is 25.1 Å². The number of H-pyrrole nitrogens is 1. The second-order valence-corrected chi connectivity index (χ2v) is 7.56. The summed E-state index contributed by atoms with van der Waals surface area (Å²) in [5.41, 5.74) is 6.27. The summed E-state index contributed by atoms with van der Waals surface area (Å²) in [5.74, 6) is -2.90. The van der Waals surface area contributed by atoms with Crippen LogP contribution in [0.1, 0.15) is 40.0 Å². The zero-order chi connectivity index (χ0) is 21.6. The molecule has 2 heterocycles. The number of rotatable bonds is 7. The van der Waals surface area contributed by atoms with E-state index in [0.29, 0.717) is 17.7 Å². The van der Waals surface area contributed by atoms with E-state index < -0.39 is 36.8 Å². The van der Waals surface area contributed by atoms with E-state index in [1.165, 1.54) is 23.4 Å². The number of ether oxygens (including phenoxy) is 1. The van der Waals surface area contributed by atoms with Crippen LogP contribution in [-0.4, -0.2) is 73.3 Å². The van der Waals surface area contributed by atoms with Gasteiger partial charge in [0.2, 0.25) is 5.91 Å². The van der Waals surface area contributed by atoms with Crippen molar-refractivity contribution in [1.82, 2.24) is 14.9 Å². The van der Waals surface area contributed by atoms with Crippen LogP contribution in [0.2, 0.25) is 5.82 Å². The van der Waals surface area contributed by atoms with Crippen LogP contribution in [0, 0.1) is 0 Å². The van der Waals surface area contributed by atoms with Crippen LogP contribution in [-0.2, 0) is 4.79 Å². The SMILES string of the molecule is N[C@H](C(=O)N1CC(Oc2ccc([C@H]3C[C@H]3B(O)O)c(O)c2C(=O)O)C1)c1c[nH]cn1. The van der Waals surface area contributed by atoms with Crippen LogP contribution >= 0.6 is 0 Å². The van der Waals surface area contributed by atoms with Gasteiger partial charge in [0.15, 0.2) is 0 Å². The predicted octanol–water partition coefficient (Wildman–Crippen LogP) is -0.567. The molecule has 2 fully saturated rings. The number of nitrogens with zero attached hydrogens (tertiary/aromatic N) is 2. The van der Waals surface area contributed by atoms with E-state index >= 15 is 0 Å². The summed E-state index contributed by atoms with van der Waals surface area (Å²) in [6.45, 7) is 0.444. The lowest BCUT2D eigenvalue weighted by Crippen LogP contribution is -2.58. The molecule has 1 saturated carbocycles. The molecule has 1 aromatic carbocycles. The van der Waals surface area contributed by atoms with Crippen LogP contribution in [0.25, 0.3) is 0 Å². The summed E-state index contributed by atoms with van der Waals surface area (Å²) in [6, 6.07) is 2.07. The Labute approximate surface area is 171 Å². The number of hydrogen-bond donors (Lipinski definition) is 6. The number of nitrogens with two attached hydrogens (primary N) is 1. The summed E-state index contributed by atoms with van der Waals surface area (Å²) < 4.78 is 5.71. The predicted molar refractivity (Wildman–Crippen MR) is 103 cm³/mol. The molecular formula is C18H21BN4O7. The van der Waals surface area contributed by atoms with Gasteiger partial charge in [-0.2, -0.15) is 0 Å². The first-order chi connectivity index (χ1) is 14.3. The van der Waals surface area contributed by atoms with E-state index in [-0.39, 0.29) is 36.2 Å². The van der Waals surface area contributed by atoms with E-state index in [2.05, 4.69) is 9.97 Å². The molecule has 1 aromatic heterocycles. The van der Waals surface area contributed by atoms with Gasteiger partial charge in [-0.25, -0.2) is 9.78 Å². The number of amides is 1. The van der Waals surface area contributed by atoms with Gasteiger partial charge in [-0.1, -0.05) is 6.07 Å². The van der Waals surface area contributed by atoms with Gasteiger partial charge >= 0.3 is 13.1 Å². The summed E-state index contributed by atoms with van der Waals surface area (Å²) in [6.07, 6.45) is 2.97. The van der Waals surface area contributed by atoms with Crippen molar-refractivity contribution < 1.29 is 34.6 Å². The molecule has 11 nitrogen and oxygen atoms in total. The van der Waals surface area contributed by atoms with Crippen molar-refractivity contribution in [2.24, 2.45) is 5.73 Å². The van der Waals surface area contributed by atoms with Gasteiger partial charge in [0.1, 0.15) is 29.2 Å². The number of benzene rings is 1. The minimum Gasteiger partial charge on any atom is -0.507 e. The average Bonchev–Trinajstić information content (AvgIpc) is 3.27. The van der Waals surface area contributed by atoms with Crippen LogP contribution in [0.15, 0.2) is 24.7 Å². The van der Waals surface area contributed by atoms with Crippen molar-refractivity contribution in [2.45, 2.75) is 30.3 Å². The molecule has 1 saturated heterocycles. The van der Waals surface area contributed by atoms with E-state index in [1.54, 1.807) is 6.20 Å². The number of aromatic nitrogens is 2. The number of carbonyl (C=O) groups excluding carboxylic acids is 1. The Hall–Kier alpha value is -3.09. The van der Waals surface area contributed by atoms with E-state index in [1.807, 2.05) is 0 Å². The molecule has 0 spiro atoms. The van der Waals surface area contributed by atoms with Crippen LogP contribution in [0.4, 0.5) is 0 Å². The van der Waals surface area contributed by atoms with E-state index in [0.717, 1.165) is 0 Å². The number of likely N-dealkylation sites (tertiary alicyclic amines) is 1. The summed E-state index contributed by atoms with van der Waals surface area (Å²) in [5, 5.41) is 38.5. The van der Waals surface area contributed by atoms with Gasteiger partial charge in [0.25, 0.3) is 0 Å². The molecule has 7 N–H and O–H groups in total. The smallest absolute Gasteiger partial charge is 0.455 e. The number of hydrogen-bond acceptors (Lipinski definition) is 8. The lowest BCUT2D eigenvalue weighted by Gasteiger charge is -2.40. The standard InChI is InChI=1S/C18H21BN4O7/c20-15(12-4-21-7-22-12)17(25)23-5-8(6-23)30-13-2-1-9(10-3-11(10)19(28)29)16(24)14(13)18(26)27/h1-2,4,7-8,10-11,15,24,28-29H,3,5-6,20H2,(H,21,22)(H,26,27)/t10-,11-,15+/m1/s1. The minimum absolute atomic E-state index is 0.0146. The molecule has 30 heavy (non-hydrogen) atoms. The second kappa shape index (κ2) is 7.63. The minimum atomic E-state index is -1.52. The monoisotopic (exact) mass is 416 g/mol. The highest BCUT2D eigenvalue weighted by Gasteiger charge is 2.48. The number of carboxylic acids is 1. The second-order valence-electron chi connectivity index (χ2n) is 7.56. The average molecular weight is 416 g/mol. The maximum atomic E-state index is 12.4. The first kappa shape index (κ1) is 20.2. The molecule has 12 heteroatoms. The topological polar surface area (TPSA) is 182 Å². The number of aromatic amines is 1. The highest BCUT2D eigenvalue weighted by atomic mass is 16.5. The molecule has 0 bridgehead atoms. The number of imidazole rings is 1. The van der Waals surface area contributed by atoms with Gasteiger partial charge in [-0.05, 0) is 24.0 Å². The third kappa shape index (κ3) is 3.60. The largest absolute Gasteiger partial charge is 0.507 e. The molecule has 2 aromatic rings. The quantitative estimate of drug-likeness (QED) is 0.322. The lowest BCUT2D eigenvalue weighted by molar-refractivity contribution is -0.141. The van der Waals surface area contributed by atoms with Crippen molar-refractivity contribution in [3.05, 3.63) is 41.5 Å². The van der Waals surface area contributed by atoms with Crippen molar-refractivity contribution >= 4 is 19.0 Å². The Morgan fingerprint density at radius 1 is 1.33 bits per heavy atom. The number of carbonyl (C=O) groups is 2. The molecular weight excluding hydrogens is 395 g/mol. The Kier molecular flexibility index (Phi) is 5.14. The van der Waals surface area contributed by atoms with Crippen molar-refractivity contribution in [2.75, 3.05) is 13.1 Å². The fourth-order valence-corrected chi connectivity index (χ4v) is 3.73. The van der Waals surface area contributed by atoms with Crippen LogP contribution in [0.5, 0.6) is 11.5 Å². The fraction of sp³-hybridized carbons (Fsp3) is 0.389. The molecule has 3 atom stereocenters. The number of aromatic hydroxyl groups is 1. The molecule has 0 unspecified atom stereocenters. The Bertz CT molecular complexity index is 962. The van der Waals surface area contributed by atoms with Crippen LogP contribution < -0.4 is 10.5 Å². The first-order valence-corrected chi connectivity index (χ1v) is 9.43. The van der Waals surface area contributed by atoms with Gasteiger partial charge < -0.3 is 40.6 Å². The number of phenols is 1. The Morgan fingerprint density at radius 2 is 2.07 bits per heavy atom. The number of carboxylic acid groups (broad SMARTS) is 1. The zero-order valence-corrected chi connectivity index (χ0v) is 15.8. The molecule has 2 aliphatic rings. The van der Waals surface area contributed by atoms with Crippen LogP contribution in [0.3, 0.4) is 0 Å². The maximum Gasteiger partial charge on any atom is 0.455 e. The normalized spacial score (nSPS) is 21.6. The van der Waals surface area contributed by atoms with Crippen molar-refractivity contribution in [3.8, 4) is 11.5 Å². The number of aromatic carboxylic acids is 1. The fourth-order valence-electron chi connectivity index (χ4n) is 3.73. The third-order valence-corrected chi connectivity index (χ3v) is 5.56. The molecule has 4 rings (SSSR count).